The zero-order chi connectivity index (χ0) is 15.8. The number of hydrogen-bond acceptors (Lipinski definition) is 3. The van der Waals surface area contributed by atoms with Crippen LogP contribution in [0.3, 0.4) is 0 Å². The van der Waals surface area contributed by atoms with Crippen molar-refractivity contribution < 1.29 is 0 Å². The number of likely N-dealkylation sites (tertiary alicyclic amines) is 1. The SMILES string of the molecule is C=CCNC(=NCc1cccs1)NCC1CCN(C(C)C)C1. The third-order valence-corrected chi connectivity index (χ3v) is 4.85. The van der Waals surface area contributed by atoms with E-state index in [4.69, 9.17) is 0 Å². The second kappa shape index (κ2) is 8.96. The molecule has 0 radical (unpaired) electrons. The van der Waals surface area contributed by atoms with Gasteiger partial charge < -0.3 is 15.5 Å². The predicted octanol–water partition coefficient (Wildman–Crippen LogP) is 2.70. The zero-order valence-electron chi connectivity index (χ0n) is 13.7. The summed E-state index contributed by atoms with van der Waals surface area (Å²) in [7, 11) is 0. The molecule has 1 saturated heterocycles. The summed E-state index contributed by atoms with van der Waals surface area (Å²) in [6.07, 6.45) is 3.13. The Morgan fingerprint density at radius 3 is 3.05 bits per heavy atom. The largest absolute Gasteiger partial charge is 0.356 e. The van der Waals surface area contributed by atoms with Crippen LogP contribution in [-0.4, -0.2) is 43.1 Å². The highest BCUT2D eigenvalue weighted by atomic mass is 32.1. The van der Waals surface area contributed by atoms with E-state index in [-0.39, 0.29) is 0 Å². The normalized spacial score (nSPS) is 19.6. The molecular weight excluding hydrogens is 292 g/mol. The number of nitrogens with zero attached hydrogens (tertiary/aromatic N) is 2. The van der Waals surface area contributed by atoms with Crippen molar-refractivity contribution >= 4 is 17.3 Å². The Hall–Kier alpha value is -1.33. The van der Waals surface area contributed by atoms with Gasteiger partial charge in [0.15, 0.2) is 5.96 Å². The summed E-state index contributed by atoms with van der Waals surface area (Å²) in [6, 6.07) is 4.84. The Bertz CT molecular complexity index is 467. The van der Waals surface area contributed by atoms with Gasteiger partial charge in [-0.25, -0.2) is 4.99 Å². The summed E-state index contributed by atoms with van der Waals surface area (Å²) in [5.41, 5.74) is 0. The Kier molecular flexibility index (Phi) is 6.93. The molecule has 122 valence electrons. The molecule has 0 amide bonds. The van der Waals surface area contributed by atoms with Crippen LogP contribution in [0.1, 0.15) is 25.1 Å². The number of guanidine groups is 1. The van der Waals surface area contributed by atoms with Gasteiger partial charge in [-0.3, -0.25) is 0 Å². The molecule has 2 heterocycles. The van der Waals surface area contributed by atoms with Gasteiger partial charge in [-0.05, 0) is 44.2 Å². The molecule has 22 heavy (non-hydrogen) atoms. The maximum atomic E-state index is 4.66. The van der Waals surface area contributed by atoms with Gasteiger partial charge in [0.25, 0.3) is 0 Å². The highest BCUT2D eigenvalue weighted by Gasteiger charge is 2.23. The lowest BCUT2D eigenvalue weighted by atomic mass is 10.1. The molecule has 2 rings (SSSR count). The maximum Gasteiger partial charge on any atom is 0.191 e. The monoisotopic (exact) mass is 320 g/mol. The molecule has 2 N–H and O–H groups in total. The van der Waals surface area contributed by atoms with E-state index in [1.165, 1.54) is 24.4 Å². The standard InChI is InChI=1S/C17H28N4S/c1-4-8-18-17(20-12-16-6-5-10-22-16)19-11-15-7-9-21(13-15)14(2)3/h4-6,10,14-15H,1,7-9,11-13H2,2-3H3,(H2,18,19,20). The van der Waals surface area contributed by atoms with Crippen LogP contribution in [0.2, 0.25) is 0 Å². The van der Waals surface area contributed by atoms with Gasteiger partial charge in [-0.2, -0.15) is 0 Å². The van der Waals surface area contributed by atoms with Gasteiger partial charge in [0.1, 0.15) is 0 Å². The maximum absolute atomic E-state index is 4.66. The van der Waals surface area contributed by atoms with Crippen LogP contribution in [0, 0.1) is 5.92 Å². The van der Waals surface area contributed by atoms with Crippen molar-refractivity contribution in [1.82, 2.24) is 15.5 Å². The van der Waals surface area contributed by atoms with E-state index in [9.17, 15) is 0 Å². The highest BCUT2D eigenvalue weighted by molar-refractivity contribution is 7.09. The van der Waals surface area contributed by atoms with E-state index in [0.717, 1.165) is 25.6 Å². The molecule has 0 aliphatic carbocycles. The van der Waals surface area contributed by atoms with E-state index in [2.05, 4.69) is 58.5 Å². The molecule has 1 unspecified atom stereocenters. The molecule has 5 heteroatoms. The Morgan fingerprint density at radius 2 is 2.41 bits per heavy atom. The van der Waals surface area contributed by atoms with E-state index >= 15 is 0 Å². The number of nitrogens with one attached hydrogen (secondary N) is 2. The lowest BCUT2D eigenvalue weighted by Crippen LogP contribution is -2.40. The minimum Gasteiger partial charge on any atom is -0.356 e. The Labute approximate surface area is 138 Å². The third kappa shape index (κ3) is 5.46. The van der Waals surface area contributed by atoms with Gasteiger partial charge in [0.2, 0.25) is 0 Å². The smallest absolute Gasteiger partial charge is 0.191 e. The molecule has 1 atom stereocenters. The fourth-order valence-electron chi connectivity index (χ4n) is 2.64. The quantitative estimate of drug-likeness (QED) is 0.461. The fourth-order valence-corrected chi connectivity index (χ4v) is 3.27. The van der Waals surface area contributed by atoms with Crippen LogP contribution in [0.25, 0.3) is 0 Å². The summed E-state index contributed by atoms with van der Waals surface area (Å²) in [4.78, 5) is 8.49. The van der Waals surface area contributed by atoms with E-state index in [0.29, 0.717) is 12.0 Å². The predicted molar refractivity (Wildman–Crippen MR) is 96.5 cm³/mol. The second-order valence-electron chi connectivity index (χ2n) is 6.04. The lowest BCUT2D eigenvalue weighted by Gasteiger charge is -2.20. The number of rotatable bonds is 7. The first-order chi connectivity index (χ1) is 10.7. The summed E-state index contributed by atoms with van der Waals surface area (Å²) in [6.45, 7) is 13.2. The van der Waals surface area contributed by atoms with Crippen molar-refractivity contribution in [2.75, 3.05) is 26.2 Å². The van der Waals surface area contributed by atoms with Crippen LogP contribution in [0.15, 0.2) is 35.2 Å². The first kappa shape index (κ1) is 17.0. The van der Waals surface area contributed by atoms with Gasteiger partial charge in [-0.15, -0.1) is 17.9 Å². The van der Waals surface area contributed by atoms with Crippen LogP contribution in [-0.2, 0) is 6.54 Å². The average molecular weight is 321 g/mol. The van der Waals surface area contributed by atoms with Gasteiger partial charge in [0.05, 0.1) is 6.54 Å². The van der Waals surface area contributed by atoms with Crippen molar-refractivity contribution in [1.29, 1.82) is 0 Å². The summed E-state index contributed by atoms with van der Waals surface area (Å²) in [5, 5.41) is 8.88. The lowest BCUT2D eigenvalue weighted by molar-refractivity contribution is 0.265. The summed E-state index contributed by atoms with van der Waals surface area (Å²) < 4.78 is 0. The minimum absolute atomic E-state index is 0.649. The minimum atomic E-state index is 0.649. The van der Waals surface area contributed by atoms with Crippen LogP contribution in [0.4, 0.5) is 0 Å². The summed E-state index contributed by atoms with van der Waals surface area (Å²) in [5.74, 6) is 1.59. The molecule has 0 spiro atoms. The molecule has 1 fully saturated rings. The fraction of sp³-hybridized carbons (Fsp3) is 0.588. The molecule has 1 aliphatic rings. The molecular formula is C17H28N4S. The van der Waals surface area contributed by atoms with Crippen molar-refractivity contribution in [3.05, 3.63) is 35.0 Å². The van der Waals surface area contributed by atoms with Crippen molar-refractivity contribution in [2.24, 2.45) is 10.9 Å². The van der Waals surface area contributed by atoms with Crippen LogP contribution in [0.5, 0.6) is 0 Å². The van der Waals surface area contributed by atoms with E-state index in [1.807, 2.05) is 6.08 Å². The number of thiophene rings is 1. The first-order valence-electron chi connectivity index (χ1n) is 8.08. The van der Waals surface area contributed by atoms with Gasteiger partial charge >= 0.3 is 0 Å². The number of hydrogen-bond donors (Lipinski definition) is 2. The third-order valence-electron chi connectivity index (χ3n) is 3.99. The Balaban J connectivity index is 1.81. The van der Waals surface area contributed by atoms with Crippen molar-refractivity contribution in [3.63, 3.8) is 0 Å². The zero-order valence-corrected chi connectivity index (χ0v) is 14.5. The summed E-state index contributed by atoms with van der Waals surface area (Å²) >= 11 is 1.75. The van der Waals surface area contributed by atoms with Crippen LogP contribution < -0.4 is 10.6 Å². The van der Waals surface area contributed by atoms with Crippen molar-refractivity contribution in [3.8, 4) is 0 Å². The van der Waals surface area contributed by atoms with E-state index in [1.54, 1.807) is 11.3 Å². The topological polar surface area (TPSA) is 39.7 Å². The molecule has 4 nitrogen and oxygen atoms in total. The molecule has 0 saturated carbocycles. The molecule has 1 aliphatic heterocycles. The first-order valence-corrected chi connectivity index (χ1v) is 8.96. The van der Waals surface area contributed by atoms with E-state index < -0.39 is 0 Å². The number of aliphatic imine (C=N–C) groups is 1. The van der Waals surface area contributed by atoms with Gasteiger partial charge in [-0.1, -0.05) is 12.1 Å². The average Bonchev–Trinajstić information content (AvgIpc) is 3.18. The molecule has 1 aromatic rings. The Morgan fingerprint density at radius 1 is 1.55 bits per heavy atom. The second-order valence-corrected chi connectivity index (χ2v) is 7.07. The molecule has 0 aromatic carbocycles. The highest BCUT2D eigenvalue weighted by Crippen LogP contribution is 2.17. The van der Waals surface area contributed by atoms with Crippen molar-refractivity contribution in [2.45, 2.75) is 32.9 Å². The van der Waals surface area contributed by atoms with Gasteiger partial charge in [0, 0.05) is 30.6 Å². The van der Waals surface area contributed by atoms with Crippen LogP contribution >= 0.6 is 11.3 Å². The molecule has 0 bridgehead atoms. The molecule has 1 aromatic heterocycles.